The molecule has 15 heavy (non-hydrogen) atoms. The molecule has 78 valence electrons. The number of aliphatic hydroxyl groups excluding tert-OH is 1. The molecule has 2 unspecified atom stereocenters. The standard InChI is InChI=1S/C11H12N2OS/c12-10(8-4-2-1-3-5-8)11(14)9-6-15-7-13-9/h1-7,10-11,14H,12H2. The first kappa shape index (κ1) is 10.3. The van der Waals surface area contributed by atoms with E-state index in [1.165, 1.54) is 11.3 Å². The lowest BCUT2D eigenvalue weighted by molar-refractivity contribution is 0.143. The summed E-state index contributed by atoms with van der Waals surface area (Å²) in [6.07, 6.45) is -0.737. The SMILES string of the molecule is NC(c1ccccc1)C(O)c1cscn1. The van der Waals surface area contributed by atoms with Gasteiger partial charge in [0.25, 0.3) is 0 Å². The predicted octanol–water partition coefficient (Wildman–Crippen LogP) is 1.88. The Morgan fingerprint density at radius 3 is 2.60 bits per heavy atom. The smallest absolute Gasteiger partial charge is 0.116 e. The molecule has 0 fully saturated rings. The Morgan fingerprint density at radius 2 is 2.00 bits per heavy atom. The Bertz CT molecular complexity index is 402. The highest BCUT2D eigenvalue weighted by Gasteiger charge is 2.19. The van der Waals surface area contributed by atoms with Crippen LogP contribution in [-0.2, 0) is 0 Å². The number of hydrogen-bond donors (Lipinski definition) is 2. The van der Waals surface area contributed by atoms with E-state index in [4.69, 9.17) is 5.73 Å². The van der Waals surface area contributed by atoms with Crippen LogP contribution in [-0.4, -0.2) is 10.1 Å². The van der Waals surface area contributed by atoms with Gasteiger partial charge in [-0.05, 0) is 5.56 Å². The summed E-state index contributed by atoms with van der Waals surface area (Å²) in [6, 6.07) is 9.12. The second-order valence-corrected chi connectivity index (χ2v) is 4.01. The Hall–Kier alpha value is -1.23. The number of nitrogens with zero attached hydrogens (tertiary/aromatic N) is 1. The van der Waals surface area contributed by atoms with E-state index in [0.717, 1.165) is 5.56 Å². The van der Waals surface area contributed by atoms with Crippen molar-refractivity contribution in [2.45, 2.75) is 12.1 Å². The minimum atomic E-state index is -0.737. The van der Waals surface area contributed by atoms with Crippen LogP contribution < -0.4 is 5.73 Å². The summed E-state index contributed by atoms with van der Waals surface area (Å²) in [5, 5.41) is 11.8. The quantitative estimate of drug-likeness (QED) is 0.830. The molecule has 0 aliphatic carbocycles. The van der Waals surface area contributed by atoms with Gasteiger partial charge in [-0.3, -0.25) is 0 Å². The molecule has 0 aliphatic rings. The van der Waals surface area contributed by atoms with Crippen molar-refractivity contribution in [2.24, 2.45) is 5.73 Å². The molecule has 1 aromatic carbocycles. The van der Waals surface area contributed by atoms with Gasteiger partial charge < -0.3 is 10.8 Å². The third-order valence-electron chi connectivity index (χ3n) is 2.28. The molecule has 1 heterocycles. The lowest BCUT2D eigenvalue weighted by Gasteiger charge is -2.17. The first-order chi connectivity index (χ1) is 7.29. The Labute approximate surface area is 92.2 Å². The van der Waals surface area contributed by atoms with Crippen molar-refractivity contribution in [1.29, 1.82) is 0 Å². The van der Waals surface area contributed by atoms with E-state index in [1.807, 2.05) is 35.7 Å². The predicted molar refractivity (Wildman–Crippen MR) is 60.4 cm³/mol. The van der Waals surface area contributed by atoms with Gasteiger partial charge >= 0.3 is 0 Å². The van der Waals surface area contributed by atoms with Crippen LogP contribution in [0.3, 0.4) is 0 Å². The number of aromatic nitrogens is 1. The number of thiazole rings is 1. The summed E-state index contributed by atoms with van der Waals surface area (Å²) < 4.78 is 0. The fourth-order valence-electron chi connectivity index (χ4n) is 1.41. The van der Waals surface area contributed by atoms with Crippen LogP contribution in [0.4, 0.5) is 0 Å². The first-order valence-corrected chi connectivity index (χ1v) is 5.60. The third kappa shape index (κ3) is 2.23. The molecule has 2 atom stereocenters. The second kappa shape index (κ2) is 4.53. The van der Waals surface area contributed by atoms with Crippen molar-refractivity contribution >= 4 is 11.3 Å². The van der Waals surface area contributed by atoms with Gasteiger partial charge in [0.2, 0.25) is 0 Å². The van der Waals surface area contributed by atoms with Crippen molar-refractivity contribution < 1.29 is 5.11 Å². The van der Waals surface area contributed by atoms with Gasteiger partial charge in [-0.25, -0.2) is 4.98 Å². The summed E-state index contributed by atoms with van der Waals surface area (Å²) in [7, 11) is 0. The fourth-order valence-corrected chi connectivity index (χ4v) is 1.99. The van der Waals surface area contributed by atoms with Crippen LogP contribution in [0.25, 0.3) is 0 Å². The van der Waals surface area contributed by atoms with Crippen molar-refractivity contribution in [3.8, 4) is 0 Å². The van der Waals surface area contributed by atoms with Crippen molar-refractivity contribution in [3.05, 3.63) is 52.5 Å². The van der Waals surface area contributed by atoms with Crippen LogP contribution in [0.15, 0.2) is 41.2 Å². The van der Waals surface area contributed by atoms with Gasteiger partial charge in [0.15, 0.2) is 0 Å². The average molecular weight is 220 g/mol. The molecule has 2 aromatic rings. The van der Waals surface area contributed by atoms with Gasteiger partial charge in [-0.2, -0.15) is 0 Å². The van der Waals surface area contributed by atoms with Crippen LogP contribution in [0.1, 0.15) is 23.4 Å². The van der Waals surface area contributed by atoms with E-state index in [2.05, 4.69) is 4.98 Å². The summed E-state index contributed by atoms with van der Waals surface area (Å²) >= 11 is 1.45. The number of hydrogen-bond acceptors (Lipinski definition) is 4. The molecule has 3 nitrogen and oxygen atoms in total. The first-order valence-electron chi connectivity index (χ1n) is 4.65. The maximum absolute atomic E-state index is 9.95. The molecular weight excluding hydrogens is 208 g/mol. The topological polar surface area (TPSA) is 59.1 Å². The van der Waals surface area contributed by atoms with Crippen molar-refractivity contribution in [1.82, 2.24) is 4.98 Å². The number of nitrogens with two attached hydrogens (primary N) is 1. The summed E-state index contributed by atoms with van der Waals surface area (Å²) in [4.78, 5) is 4.05. The van der Waals surface area contributed by atoms with Crippen molar-refractivity contribution in [2.75, 3.05) is 0 Å². The lowest BCUT2D eigenvalue weighted by Crippen LogP contribution is -2.19. The Kier molecular flexibility index (Phi) is 3.11. The molecule has 0 aliphatic heterocycles. The molecule has 0 spiro atoms. The molecule has 1 aromatic heterocycles. The summed E-state index contributed by atoms with van der Waals surface area (Å²) in [5.41, 5.74) is 9.19. The Morgan fingerprint density at radius 1 is 1.27 bits per heavy atom. The average Bonchev–Trinajstić information content (AvgIpc) is 2.82. The van der Waals surface area contributed by atoms with Crippen LogP contribution in [0, 0.1) is 0 Å². The fraction of sp³-hybridized carbons (Fsp3) is 0.182. The molecule has 2 rings (SSSR count). The van der Waals surface area contributed by atoms with E-state index in [0.29, 0.717) is 5.69 Å². The minimum Gasteiger partial charge on any atom is -0.385 e. The molecule has 4 heteroatoms. The third-order valence-corrected chi connectivity index (χ3v) is 2.88. The molecule has 0 bridgehead atoms. The van der Waals surface area contributed by atoms with Crippen LogP contribution >= 0.6 is 11.3 Å². The highest BCUT2D eigenvalue weighted by atomic mass is 32.1. The molecule has 3 N–H and O–H groups in total. The number of aliphatic hydroxyl groups is 1. The molecule has 0 saturated carbocycles. The molecule has 0 radical (unpaired) electrons. The lowest BCUT2D eigenvalue weighted by atomic mass is 10.0. The van der Waals surface area contributed by atoms with Gasteiger partial charge in [-0.15, -0.1) is 11.3 Å². The minimum absolute atomic E-state index is 0.423. The largest absolute Gasteiger partial charge is 0.385 e. The van der Waals surface area contributed by atoms with Crippen molar-refractivity contribution in [3.63, 3.8) is 0 Å². The molecule has 0 amide bonds. The van der Waals surface area contributed by atoms with E-state index >= 15 is 0 Å². The number of rotatable bonds is 3. The zero-order chi connectivity index (χ0) is 10.7. The number of benzene rings is 1. The zero-order valence-electron chi connectivity index (χ0n) is 8.08. The zero-order valence-corrected chi connectivity index (χ0v) is 8.89. The maximum Gasteiger partial charge on any atom is 0.116 e. The summed E-state index contributed by atoms with van der Waals surface area (Å²) in [5.74, 6) is 0. The van der Waals surface area contributed by atoms with Gasteiger partial charge in [0, 0.05) is 5.38 Å². The van der Waals surface area contributed by atoms with Crippen LogP contribution in [0.5, 0.6) is 0 Å². The highest BCUT2D eigenvalue weighted by Crippen LogP contribution is 2.25. The maximum atomic E-state index is 9.95. The van der Waals surface area contributed by atoms with E-state index in [9.17, 15) is 5.11 Å². The Balaban J connectivity index is 2.18. The van der Waals surface area contributed by atoms with E-state index in [-0.39, 0.29) is 0 Å². The van der Waals surface area contributed by atoms with Gasteiger partial charge in [0.05, 0.1) is 17.2 Å². The molecular formula is C11H12N2OS. The van der Waals surface area contributed by atoms with E-state index in [1.54, 1.807) is 5.51 Å². The molecule has 0 saturated heterocycles. The van der Waals surface area contributed by atoms with Gasteiger partial charge in [0.1, 0.15) is 6.10 Å². The monoisotopic (exact) mass is 220 g/mol. The normalized spacial score (nSPS) is 14.8. The second-order valence-electron chi connectivity index (χ2n) is 3.29. The van der Waals surface area contributed by atoms with E-state index < -0.39 is 12.1 Å². The van der Waals surface area contributed by atoms with Crippen LogP contribution in [0.2, 0.25) is 0 Å². The summed E-state index contributed by atoms with van der Waals surface area (Å²) in [6.45, 7) is 0. The highest BCUT2D eigenvalue weighted by molar-refractivity contribution is 7.07. The van der Waals surface area contributed by atoms with Gasteiger partial charge in [-0.1, -0.05) is 30.3 Å².